The number of rotatable bonds is 0. The van der Waals surface area contributed by atoms with Gasteiger partial charge in [-0.05, 0) is 0 Å². The normalized spacial score (nSPS) is 22.4. The summed E-state index contributed by atoms with van der Waals surface area (Å²) >= 11 is 0.562. The molecule has 0 bridgehead atoms. The molecule has 0 aliphatic carbocycles. The Morgan fingerprint density at radius 3 is 2.80 bits per heavy atom. The van der Waals surface area contributed by atoms with Crippen molar-refractivity contribution in [1.82, 2.24) is 0 Å². The van der Waals surface area contributed by atoms with Crippen LogP contribution < -0.4 is 21.2 Å². The van der Waals surface area contributed by atoms with Gasteiger partial charge in [-0.3, -0.25) is 0 Å². The Bertz CT molecular complexity index is 41.6. The van der Waals surface area contributed by atoms with Gasteiger partial charge in [-0.1, -0.05) is 0 Å². The van der Waals surface area contributed by atoms with Crippen molar-refractivity contribution in [2.75, 3.05) is 4.43 Å². The van der Waals surface area contributed by atoms with Crippen molar-refractivity contribution in [3.8, 4) is 0 Å². The third-order valence-electron chi connectivity index (χ3n) is 0.563. The predicted octanol–water partition coefficient (Wildman–Crippen LogP) is -2.01. The Labute approximate surface area is 42.5 Å². The molecule has 1 aliphatic rings. The zero-order valence-electron chi connectivity index (χ0n) is 2.95. The van der Waals surface area contributed by atoms with E-state index in [0.717, 1.165) is 0 Å². The second-order valence-electron chi connectivity index (χ2n) is 0.994. The summed E-state index contributed by atoms with van der Waals surface area (Å²) in [6.07, 6.45) is 3.65. The van der Waals surface area contributed by atoms with Crippen molar-refractivity contribution in [3.05, 3.63) is 10.2 Å². The standard InChI is InChI=1S/C4H6I/c1-2-4-5-3-1/h1,3H,2,4H2/q-1. The van der Waals surface area contributed by atoms with Crippen LogP contribution in [0.1, 0.15) is 6.42 Å². The van der Waals surface area contributed by atoms with Crippen LogP contribution in [0.15, 0.2) is 10.2 Å². The molecule has 0 radical (unpaired) electrons. The molecule has 0 aromatic carbocycles. The van der Waals surface area contributed by atoms with Gasteiger partial charge < -0.3 is 0 Å². The third-order valence-corrected chi connectivity index (χ3v) is 2.83. The molecule has 0 nitrogen and oxygen atoms in total. The van der Waals surface area contributed by atoms with Crippen molar-refractivity contribution in [3.63, 3.8) is 0 Å². The molecule has 0 aromatic heterocycles. The molecule has 0 saturated carbocycles. The Morgan fingerprint density at radius 1 is 1.60 bits per heavy atom. The molecule has 0 fully saturated rings. The summed E-state index contributed by atoms with van der Waals surface area (Å²) in [5.41, 5.74) is 0. The fraction of sp³-hybridized carbons (Fsp3) is 0.500. The first kappa shape index (κ1) is 3.65. The van der Waals surface area contributed by atoms with E-state index in [1.165, 1.54) is 10.8 Å². The zero-order valence-corrected chi connectivity index (χ0v) is 5.10. The van der Waals surface area contributed by atoms with Gasteiger partial charge in [0, 0.05) is 0 Å². The van der Waals surface area contributed by atoms with E-state index in [1.807, 2.05) is 0 Å². The van der Waals surface area contributed by atoms with Crippen LogP contribution in [0.2, 0.25) is 0 Å². The summed E-state index contributed by atoms with van der Waals surface area (Å²) in [4.78, 5) is 0. The second-order valence-corrected chi connectivity index (χ2v) is 3.67. The zero-order chi connectivity index (χ0) is 3.54. The molecule has 1 heterocycles. The number of allylic oxidation sites excluding steroid dienone is 1. The molecule has 0 N–H and O–H groups in total. The summed E-state index contributed by atoms with van der Waals surface area (Å²) in [6, 6.07) is 0. The molecule has 0 spiro atoms. The van der Waals surface area contributed by atoms with E-state index in [1.54, 1.807) is 0 Å². The van der Waals surface area contributed by atoms with E-state index < -0.39 is 0 Å². The van der Waals surface area contributed by atoms with E-state index >= 15 is 0 Å². The maximum atomic E-state index is 2.35. The Morgan fingerprint density at radius 2 is 2.60 bits per heavy atom. The van der Waals surface area contributed by atoms with Gasteiger partial charge in [-0.2, -0.15) is 0 Å². The Hall–Kier alpha value is 0.470. The van der Waals surface area contributed by atoms with Crippen LogP contribution >= 0.6 is 0 Å². The molecule has 30 valence electrons. The van der Waals surface area contributed by atoms with Crippen LogP contribution in [-0.4, -0.2) is 4.43 Å². The van der Waals surface area contributed by atoms with Crippen LogP contribution in [0.5, 0.6) is 0 Å². The summed E-state index contributed by atoms with van der Waals surface area (Å²) in [5.74, 6) is 0. The molecule has 0 atom stereocenters. The SMILES string of the molecule is C1=C[I-]CC1. The number of hydrogen-bond acceptors (Lipinski definition) is 0. The number of halogens is 1. The Kier molecular flexibility index (Phi) is 1.31. The average molecular weight is 181 g/mol. The maximum absolute atomic E-state index is 2.35. The molecule has 0 unspecified atom stereocenters. The fourth-order valence-corrected chi connectivity index (χ4v) is 2.11. The van der Waals surface area contributed by atoms with Gasteiger partial charge in [-0.15, -0.1) is 0 Å². The van der Waals surface area contributed by atoms with E-state index in [4.69, 9.17) is 0 Å². The summed E-state index contributed by atoms with van der Waals surface area (Å²) in [6.45, 7) is 0. The molecule has 5 heavy (non-hydrogen) atoms. The van der Waals surface area contributed by atoms with Gasteiger partial charge in [0.15, 0.2) is 0 Å². The van der Waals surface area contributed by atoms with Gasteiger partial charge in [0.05, 0.1) is 0 Å². The Balaban J connectivity index is 2.32. The third kappa shape index (κ3) is 0.911. The van der Waals surface area contributed by atoms with E-state index in [2.05, 4.69) is 10.2 Å². The fourth-order valence-electron chi connectivity index (χ4n) is 0.315. The van der Waals surface area contributed by atoms with Gasteiger partial charge >= 0.3 is 42.2 Å². The topological polar surface area (TPSA) is 0 Å². The minimum atomic E-state index is 0.562. The first-order chi connectivity index (χ1) is 2.50. The monoisotopic (exact) mass is 181 g/mol. The summed E-state index contributed by atoms with van der Waals surface area (Å²) < 4.78 is 3.84. The summed E-state index contributed by atoms with van der Waals surface area (Å²) in [7, 11) is 0. The quantitative estimate of drug-likeness (QED) is 0.299. The van der Waals surface area contributed by atoms with Gasteiger partial charge in [0.1, 0.15) is 0 Å². The predicted molar refractivity (Wildman–Crippen MR) is 18.6 cm³/mol. The van der Waals surface area contributed by atoms with E-state index in [9.17, 15) is 0 Å². The molecule has 0 amide bonds. The van der Waals surface area contributed by atoms with Gasteiger partial charge in [-0.25, -0.2) is 0 Å². The molecule has 0 saturated heterocycles. The van der Waals surface area contributed by atoms with Crippen LogP contribution in [0.4, 0.5) is 0 Å². The number of hydrogen-bond donors (Lipinski definition) is 0. The van der Waals surface area contributed by atoms with Crippen LogP contribution in [-0.2, 0) is 0 Å². The molecule has 1 aliphatic heterocycles. The van der Waals surface area contributed by atoms with Crippen molar-refractivity contribution in [2.45, 2.75) is 6.42 Å². The molecule has 1 heteroatoms. The average Bonchev–Trinajstić information content (AvgIpc) is 1.76. The molecular weight excluding hydrogens is 175 g/mol. The number of alkyl halides is 1. The van der Waals surface area contributed by atoms with Crippen molar-refractivity contribution < 1.29 is 21.2 Å². The van der Waals surface area contributed by atoms with Crippen LogP contribution in [0.3, 0.4) is 0 Å². The van der Waals surface area contributed by atoms with Crippen LogP contribution in [0, 0.1) is 0 Å². The van der Waals surface area contributed by atoms with Gasteiger partial charge in [0.2, 0.25) is 0 Å². The molecule has 0 aromatic rings. The molecular formula is C4H6I-. The first-order valence-electron chi connectivity index (χ1n) is 1.73. The van der Waals surface area contributed by atoms with Crippen molar-refractivity contribution >= 4 is 0 Å². The molecule has 1 rings (SSSR count). The van der Waals surface area contributed by atoms with Crippen LogP contribution in [0.25, 0.3) is 0 Å². The van der Waals surface area contributed by atoms with Crippen molar-refractivity contribution in [2.24, 2.45) is 0 Å². The second kappa shape index (κ2) is 1.80. The van der Waals surface area contributed by atoms with E-state index in [0.29, 0.717) is 21.2 Å². The van der Waals surface area contributed by atoms with Crippen molar-refractivity contribution in [1.29, 1.82) is 0 Å². The first-order valence-corrected chi connectivity index (χ1v) is 4.50. The summed E-state index contributed by atoms with van der Waals surface area (Å²) in [5, 5.41) is 0. The van der Waals surface area contributed by atoms with Gasteiger partial charge in [0.25, 0.3) is 0 Å². The van der Waals surface area contributed by atoms with E-state index in [-0.39, 0.29) is 0 Å². The minimum absolute atomic E-state index is 0.562.